The van der Waals surface area contributed by atoms with Crippen molar-refractivity contribution >= 4 is 58.3 Å². The van der Waals surface area contributed by atoms with Crippen LogP contribution in [0.15, 0.2) is 55.0 Å². The third-order valence-electron chi connectivity index (χ3n) is 12.2. The van der Waals surface area contributed by atoms with Gasteiger partial charge >= 0.3 is 0 Å². The van der Waals surface area contributed by atoms with Gasteiger partial charge in [-0.05, 0) is 95.2 Å². The van der Waals surface area contributed by atoms with Crippen LogP contribution >= 0.6 is 23.2 Å². The van der Waals surface area contributed by atoms with Gasteiger partial charge in [-0.15, -0.1) is 0 Å². The van der Waals surface area contributed by atoms with E-state index in [9.17, 15) is 23.6 Å². The van der Waals surface area contributed by atoms with E-state index in [0.717, 1.165) is 67.0 Å². The van der Waals surface area contributed by atoms with Crippen molar-refractivity contribution in [3.8, 4) is 16.9 Å². The molecule has 4 amide bonds. The molecule has 8 rings (SSSR count). The normalized spacial score (nSPS) is 24.6. The SMILES string of the molecule is CC(Oc1cc(-c2cnn(C3CCC(CN4C(C)CN(c5ccc6c(c5)C(=O)N(C5CCC(=O)NC5=O)C6=O)CC4C)CC3)c2)cnc1N)c1c(Cl)ccc(F)c1Cl. The van der Waals surface area contributed by atoms with E-state index in [2.05, 4.69) is 33.9 Å². The van der Waals surface area contributed by atoms with Crippen molar-refractivity contribution in [1.82, 2.24) is 29.9 Å². The molecule has 2 saturated heterocycles. The van der Waals surface area contributed by atoms with Gasteiger partial charge in [0.25, 0.3) is 11.8 Å². The third-order valence-corrected chi connectivity index (χ3v) is 12.9. The van der Waals surface area contributed by atoms with Crippen LogP contribution in [0.1, 0.15) is 97.7 Å². The Morgan fingerprint density at radius 1 is 0.931 bits per heavy atom. The van der Waals surface area contributed by atoms with E-state index in [4.69, 9.17) is 38.8 Å². The van der Waals surface area contributed by atoms with Crippen molar-refractivity contribution in [3.05, 3.63) is 87.5 Å². The van der Waals surface area contributed by atoms with Crippen LogP contribution in [0.3, 0.4) is 0 Å². The smallest absolute Gasteiger partial charge is 0.262 e. The largest absolute Gasteiger partial charge is 0.482 e. The van der Waals surface area contributed by atoms with E-state index in [1.54, 1.807) is 31.3 Å². The fraction of sp³-hybridized carbons (Fsp3) is 0.429. The first kappa shape index (κ1) is 39.8. The van der Waals surface area contributed by atoms with E-state index in [1.165, 1.54) is 12.1 Å². The van der Waals surface area contributed by atoms with Gasteiger partial charge in [0.2, 0.25) is 11.8 Å². The number of nitrogen functional groups attached to an aromatic ring is 1. The summed E-state index contributed by atoms with van der Waals surface area (Å²) in [6.07, 6.45) is 9.22. The number of aromatic nitrogens is 3. The van der Waals surface area contributed by atoms with Crippen LogP contribution in [-0.2, 0) is 9.59 Å². The molecule has 4 unspecified atom stereocenters. The quantitative estimate of drug-likeness (QED) is 0.135. The lowest BCUT2D eigenvalue weighted by atomic mass is 9.85. The number of piperidine rings is 1. The number of pyridine rings is 1. The molecule has 4 aliphatic rings. The van der Waals surface area contributed by atoms with Gasteiger partial charge in [-0.1, -0.05) is 23.2 Å². The Labute approximate surface area is 345 Å². The Morgan fingerprint density at radius 2 is 1.66 bits per heavy atom. The van der Waals surface area contributed by atoms with Crippen LogP contribution in [0.2, 0.25) is 10.0 Å². The Kier molecular flexibility index (Phi) is 10.9. The molecule has 1 aliphatic carbocycles. The number of carbonyl (C=O) groups is 4. The number of fused-ring (bicyclic) bond motifs is 1. The van der Waals surface area contributed by atoms with Crippen molar-refractivity contribution in [2.24, 2.45) is 5.92 Å². The lowest BCUT2D eigenvalue weighted by Gasteiger charge is -2.47. The fourth-order valence-corrected chi connectivity index (χ4v) is 9.71. The Hall–Kier alpha value is -5.05. The molecule has 2 aromatic carbocycles. The molecule has 3 aliphatic heterocycles. The number of anilines is 2. The molecule has 4 aromatic rings. The maximum atomic E-state index is 14.2. The predicted octanol–water partition coefficient (Wildman–Crippen LogP) is 6.84. The molecule has 0 spiro atoms. The highest BCUT2D eigenvalue weighted by atomic mass is 35.5. The molecule has 2 aromatic heterocycles. The van der Waals surface area contributed by atoms with Crippen LogP contribution in [0.5, 0.6) is 5.75 Å². The van der Waals surface area contributed by atoms with Gasteiger partial charge in [0.1, 0.15) is 18.0 Å². The lowest BCUT2D eigenvalue weighted by Crippen LogP contribution is -2.58. The van der Waals surface area contributed by atoms with Gasteiger partial charge < -0.3 is 15.4 Å². The number of hydrogen-bond donors (Lipinski definition) is 2. The van der Waals surface area contributed by atoms with Crippen LogP contribution in [-0.4, -0.2) is 86.0 Å². The monoisotopic (exact) mass is 830 g/mol. The second kappa shape index (κ2) is 16.0. The van der Waals surface area contributed by atoms with E-state index in [-0.39, 0.29) is 47.4 Å². The van der Waals surface area contributed by atoms with E-state index in [0.29, 0.717) is 27.8 Å². The number of ether oxygens (including phenoxy) is 1. The Bertz CT molecular complexity index is 2280. The number of amides is 4. The van der Waals surface area contributed by atoms with Crippen molar-refractivity contribution in [1.29, 1.82) is 0 Å². The maximum Gasteiger partial charge on any atom is 0.262 e. The molecule has 16 heteroatoms. The summed E-state index contributed by atoms with van der Waals surface area (Å²) in [5.41, 5.74) is 9.61. The lowest BCUT2D eigenvalue weighted by molar-refractivity contribution is -0.136. The minimum absolute atomic E-state index is 0.0825. The number of rotatable bonds is 9. The van der Waals surface area contributed by atoms with Crippen molar-refractivity contribution in [2.45, 2.75) is 89.6 Å². The summed E-state index contributed by atoms with van der Waals surface area (Å²) in [7, 11) is 0. The second-order valence-corrected chi connectivity index (χ2v) is 16.8. The first-order valence-corrected chi connectivity index (χ1v) is 20.5. The van der Waals surface area contributed by atoms with Crippen LogP contribution in [0.25, 0.3) is 11.1 Å². The predicted molar refractivity (Wildman–Crippen MR) is 217 cm³/mol. The standard InChI is InChI=1S/C42H45Cl2FN8O5/c1-22-18-50(29-8-9-30-31(15-29)42(57)53(41(30)56)34-12-13-36(54)49-40(34)55)19-23(2)51(22)20-25-4-6-28(7-5-25)52-21-27(17-48-52)26-14-35(39(46)47-16-26)58-24(3)37-32(43)10-11-33(45)38(37)44/h8-11,14-17,21-25,28,34H,4-7,12-13,18-20H2,1-3H3,(H2,46,47)(H,49,54,55). The van der Waals surface area contributed by atoms with E-state index in [1.807, 2.05) is 23.1 Å². The molecule has 3 fully saturated rings. The van der Waals surface area contributed by atoms with Gasteiger partial charge in [0.15, 0.2) is 11.6 Å². The molecule has 1 saturated carbocycles. The Morgan fingerprint density at radius 3 is 2.38 bits per heavy atom. The zero-order valence-corrected chi connectivity index (χ0v) is 34.0. The third kappa shape index (κ3) is 7.53. The molecule has 0 bridgehead atoms. The number of imide groups is 2. The number of nitrogens with zero attached hydrogens (tertiary/aromatic N) is 6. The minimum atomic E-state index is -0.988. The average Bonchev–Trinajstić information content (AvgIpc) is 3.78. The number of piperazine rings is 1. The highest BCUT2D eigenvalue weighted by Crippen LogP contribution is 2.39. The van der Waals surface area contributed by atoms with Gasteiger partial charge in [-0.2, -0.15) is 5.10 Å². The van der Waals surface area contributed by atoms with Crippen molar-refractivity contribution in [3.63, 3.8) is 0 Å². The summed E-state index contributed by atoms with van der Waals surface area (Å²) in [5, 5.41) is 7.17. The molecule has 3 N–H and O–H groups in total. The van der Waals surface area contributed by atoms with Gasteiger partial charge in [-0.3, -0.25) is 39.0 Å². The fourth-order valence-electron chi connectivity index (χ4n) is 9.03. The van der Waals surface area contributed by atoms with Crippen molar-refractivity contribution < 1.29 is 28.3 Å². The zero-order valence-electron chi connectivity index (χ0n) is 32.5. The summed E-state index contributed by atoms with van der Waals surface area (Å²) in [6, 6.07) is 9.59. The molecular formula is C42H45Cl2FN8O5. The van der Waals surface area contributed by atoms with E-state index >= 15 is 0 Å². The molecule has 13 nitrogen and oxygen atoms in total. The number of halogens is 3. The first-order chi connectivity index (χ1) is 27.8. The summed E-state index contributed by atoms with van der Waals surface area (Å²) in [6.45, 7) is 8.73. The molecule has 0 radical (unpaired) electrons. The van der Waals surface area contributed by atoms with Gasteiger partial charge in [-0.25, -0.2) is 9.37 Å². The Balaban J connectivity index is 0.858. The van der Waals surface area contributed by atoms with Gasteiger partial charge in [0.05, 0.1) is 28.4 Å². The highest BCUT2D eigenvalue weighted by Gasteiger charge is 2.45. The van der Waals surface area contributed by atoms with Gasteiger partial charge in [0, 0.05) is 77.9 Å². The van der Waals surface area contributed by atoms with Crippen LogP contribution < -0.4 is 20.7 Å². The molecule has 304 valence electrons. The van der Waals surface area contributed by atoms with Crippen molar-refractivity contribution in [2.75, 3.05) is 30.3 Å². The molecule has 5 heterocycles. The van der Waals surface area contributed by atoms with Crippen LogP contribution in [0.4, 0.5) is 15.9 Å². The van der Waals surface area contributed by atoms with E-state index < -0.39 is 41.6 Å². The minimum Gasteiger partial charge on any atom is -0.482 e. The number of benzene rings is 2. The molecule has 58 heavy (non-hydrogen) atoms. The number of carbonyl (C=O) groups excluding carboxylic acids is 4. The highest BCUT2D eigenvalue weighted by molar-refractivity contribution is 6.36. The number of nitrogens with one attached hydrogen (secondary N) is 1. The summed E-state index contributed by atoms with van der Waals surface area (Å²) in [4.78, 5) is 61.1. The maximum absolute atomic E-state index is 14.2. The zero-order chi connectivity index (χ0) is 41.0. The average molecular weight is 832 g/mol. The number of hydrogen-bond acceptors (Lipinski definition) is 10. The number of nitrogens with two attached hydrogens (primary N) is 1. The second-order valence-electron chi connectivity index (χ2n) is 16.0. The molecular weight excluding hydrogens is 786 g/mol. The summed E-state index contributed by atoms with van der Waals surface area (Å²) >= 11 is 12.5. The molecule has 4 atom stereocenters. The van der Waals surface area contributed by atoms with Crippen LogP contribution in [0, 0.1) is 11.7 Å². The summed E-state index contributed by atoms with van der Waals surface area (Å²) in [5.74, 6) is -1.53. The topological polar surface area (TPSA) is 156 Å². The first-order valence-electron chi connectivity index (χ1n) is 19.7. The summed E-state index contributed by atoms with van der Waals surface area (Å²) < 4.78 is 22.3.